The predicted molar refractivity (Wildman–Crippen MR) is 98.4 cm³/mol. The van der Waals surface area contributed by atoms with Crippen molar-refractivity contribution < 1.29 is 22.4 Å². The summed E-state index contributed by atoms with van der Waals surface area (Å²) < 4.78 is 54.8. The Bertz CT molecular complexity index is 1160. The van der Waals surface area contributed by atoms with Gasteiger partial charge in [-0.3, -0.25) is 19.8 Å². The molecule has 11 heteroatoms. The topological polar surface area (TPSA) is 100 Å². The first-order valence-corrected chi connectivity index (χ1v) is 8.62. The summed E-state index contributed by atoms with van der Waals surface area (Å²) in [5, 5.41) is 6.63. The van der Waals surface area contributed by atoms with Crippen LogP contribution in [0, 0.1) is 5.82 Å². The van der Waals surface area contributed by atoms with Gasteiger partial charge in [0, 0.05) is 30.6 Å². The maximum absolute atomic E-state index is 15.0. The number of halogens is 4. The summed E-state index contributed by atoms with van der Waals surface area (Å²) >= 11 is 0. The summed E-state index contributed by atoms with van der Waals surface area (Å²) in [6, 6.07) is 7.35. The van der Waals surface area contributed by atoms with Crippen molar-refractivity contribution in [2.24, 2.45) is 10.7 Å². The lowest BCUT2D eigenvalue weighted by Crippen LogP contribution is -2.41. The average Bonchev–Trinajstić information content (AvgIpc) is 3.32. The van der Waals surface area contributed by atoms with Crippen LogP contribution in [0.2, 0.25) is 0 Å². The van der Waals surface area contributed by atoms with Gasteiger partial charge in [-0.2, -0.15) is 18.3 Å². The predicted octanol–water partition coefficient (Wildman–Crippen LogP) is 2.66. The zero-order valence-electron chi connectivity index (χ0n) is 15.4. The minimum absolute atomic E-state index is 0.208. The molecular weight excluding hydrogens is 404 g/mol. The number of carbonyl (C=O) groups is 1. The van der Waals surface area contributed by atoms with Crippen LogP contribution in [0.5, 0.6) is 0 Å². The van der Waals surface area contributed by atoms with E-state index >= 15 is 4.39 Å². The van der Waals surface area contributed by atoms with Crippen molar-refractivity contribution >= 4 is 11.9 Å². The van der Waals surface area contributed by atoms with Gasteiger partial charge < -0.3 is 5.73 Å². The number of carbonyl (C=O) groups excluding carboxylic acids is 1. The molecule has 0 fully saturated rings. The Labute approximate surface area is 167 Å². The van der Waals surface area contributed by atoms with E-state index in [0.717, 1.165) is 17.2 Å². The Morgan fingerprint density at radius 2 is 1.93 bits per heavy atom. The maximum Gasteiger partial charge on any atom is 0.433 e. The van der Waals surface area contributed by atoms with Gasteiger partial charge in [0.2, 0.25) is 0 Å². The van der Waals surface area contributed by atoms with Crippen LogP contribution in [-0.4, -0.2) is 39.0 Å². The molecule has 3 heterocycles. The molecule has 30 heavy (non-hydrogen) atoms. The number of alkyl halides is 3. The lowest BCUT2D eigenvalue weighted by atomic mass is 9.81. The quantitative estimate of drug-likeness (QED) is 0.639. The van der Waals surface area contributed by atoms with Crippen LogP contribution in [0.1, 0.15) is 16.8 Å². The number of nitrogens with one attached hydrogen (secondary N) is 1. The molecule has 1 aliphatic rings. The van der Waals surface area contributed by atoms with E-state index in [1.54, 1.807) is 12.3 Å². The lowest BCUT2D eigenvalue weighted by molar-refractivity contribution is -0.141. The largest absolute Gasteiger partial charge is 0.433 e. The van der Waals surface area contributed by atoms with E-state index in [-0.39, 0.29) is 17.1 Å². The number of guanidine groups is 1. The van der Waals surface area contributed by atoms with E-state index in [0.29, 0.717) is 17.3 Å². The second-order valence-corrected chi connectivity index (χ2v) is 6.63. The zero-order chi connectivity index (χ0) is 21.7. The monoisotopic (exact) mass is 418 g/mol. The van der Waals surface area contributed by atoms with Crippen molar-refractivity contribution in [3.63, 3.8) is 0 Å². The molecule has 0 saturated carbocycles. The first-order valence-electron chi connectivity index (χ1n) is 8.62. The number of likely N-dealkylation sites (N-methyl/N-ethyl adjacent to an activating group) is 1. The molecule has 0 bridgehead atoms. The van der Waals surface area contributed by atoms with E-state index in [1.807, 2.05) is 0 Å². The van der Waals surface area contributed by atoms with Crippen molar-refractivity contribution in [1.29, 1.82) is 0 Å². The van der Waals surface area contributed by atoms with Crippen LogP contribution in [0.15, 0.2) is 53.8 Å². The molecule has 3 N–H and O–H groups in total. The number of amides is 1. The number of aromatic amines is 1. The number of pyridine rings is 1. The van der Waals surface area contributed by atoms with Crippen LogP contribution in [0.25, 0.3) is 11.3 Å². The highest BCUT2D eigenvalue weighted by Gasteiger charge is 2.52. The summed E-state index contributed by atoms with van der Waals surface area (Å²) in [5.41, 5.74) is 2.86. The van der Waals surface area contributed by atoms with Gasteiger partial charge in [0.25, 0.3) is 5.91 Å². The van der Waals surface area contributed by atoms with E-state index in [2.05, 4.69) is 20.2 Å². The fourth-order valence-electron chi connectivity index (χ4n) is 3.35. The number of nitrogens with zero attached hydrogens (tertiary/aromatic N) is 4. The molecule has 1 aromatic carbocycles. The summed E-state index contributed by atoms with van der Waals surface area (Å²) in [6.07, 6.45) is -2.32. The van der Waals surface area contributed by atoms with Crippen LogP contribution < -0.4 is 5.73 Å². The van der Waals surface area contributed by atoms with E-state index in [1.165, 1.54) is 25.2 Å². The lowest BCUT2D eigenvalue weighted by Gasteiger charge is -2.27. The Balaban J connectivity index is 2.01. The molecule has 1 atom stereocenters. The van der Waals surface area contributed by atoms with Gasteiger partial charge in [-0.25, -0.2) is 9.38 Å². The Morgan fingerprint density at radius 1 is 1.17 bits per heavy atom. The molecule has 154 valence electrons. The van der Waals surface area contributed by atoms with Crippen LogP contribution in [-0.2, 0) is 16.5 Å². The Morgan fingerprint density at radius 3 is 2.53 bits per heavy atom. The van der Waals surface area contributed by atoms with Crippen molar-refractivity contribution in [2.75, 3.05) is 7.05 Å². The van der Waals surface area contributed by atoms with Gasteiger partial charge in [0.1, 0.15) is 11.5 Å². The molecule has 0 saturated heterocycles. The third-order valence-corrected chi connectivity index (χ3v) is 4.86. The SMILES string of the molecule is CN1C(=O)C(c2ccnc(C(F)(F)F)c2)(c2cc(-c3cc[nH]n3)ccc2F)N=C1N. The van der Waals surface area contributed by atoms with E-state index in [9.17, 15) is 18.0 Å². The number of aromatic nitrogens is 3. The molecule has 3 aromatic rings. The number of benzene rings is 1. The summed E-state index contributed by atoms with van der Waals surface area (Å²) in [7, 11) is 1.31. The highest BCUT2D eigenvalue weighted by Crippen LogP contribution is 2.42. The number of hydrogen-bond acceptors (Lipinski definition) is 5. The van der Waals surface area contributed by atoms with Gasteiger partial charge in [0.15, 0.2) is 11.5 Å². The first kappa shape index (κ1) is 19.6. The average molecular weight is 418 g/mol. The summed E-state index contributed by atoms with van der Waals surface area (Å²) in [4.78, 5) is 21.6. The third-order valence-electron chi connectivity index (χ3n) is 4.86. The molecule has 4 rings (SSSR count). The summed E-state index contributed by atoms with van der Waals surface area (Å²) in [5.74, 6) is -1.88. The maximum atomic E-state index is 15.0. The van der Waals surface area contributed by atoms with Crippen molar-refractivity contribution in [1.82, 2.24) is 20.1 Å². The van der Waals surface area contributed by atoms with Crippen LogP contribution in [0.3, 0.4) is 0 Å². The Kier molecular flexibility index (Phi) is 4.33. The summed E-state index contributed by atoms with van der Waals surface area (Å²) in [6.45, 7) is 0. The minimum Gasteiger partial charge on any atom is -0.369 e. The van der Waals surface area contributed by atoms with E-state index < -0.39 is 29.1 Å². The molecule has 1 unspecified atom stereocenters. The molecule has 2 aromatic heterocycles. The number of rotatable bonds is 3. The zero-order valence-corrected chi connectivity index (χ0v) is 15.4. The molecule has 7 nitrogen and oxygen atoms in total. The molecule has 0 aliphatic carbocycles. The Hall–Kier alpha value is -3.76. The molecular formula is C19H14F4N6O. The molecule has 1 aliphatic heterocycles. The molecule has 1 amide bonds. The van der Waals surface area contributed by atoms with Gasteiger partial charge >= 0.3 is 6.18 Å². The fourth-order valence-corrected chi connectivity index (χ4v) is 3.35. The van der Waals surface area contributed by atoms with Gasteiger partial charge in [-0.1, -0.05) is 0 Å². The second kappa shape index (κ2) is 6.65. The van der Waals surface area contributed by atoms with E-state index in [4.69, 9.17) is 5.73 Å². The highest BCUT2D eigenvalue weighted by atomic mass is 19.4. The minimum atomic E-state index is -4.77. The van der Waals surface area contributed by atoms with Crippen molar-refractivity contribution in [2.45, 2.75) is 11.7 Å². The second-order valence-electron chi connectivity index (χ2n) is 6.63. The third kappa shape index (κ3) is 2.90. The standard InChI is InChI=1S/C19H14F4N6O/c1-29-16(30)18(27-17(29)24,11-4-6-25-15(9-11)19(21,22)23)12-8-10(2-3-13(12)20)14-5-7-26-28-14/h2-9H,1H3,(H2,24,27)(H,26,28). The number of aliphatic imine (C=N–C) groups is 1. The normalized spacial score (nSPS) is 19.3. The molecule has 0 radical (unpaired) electrons. The number of nitrogens with two attached hydrogens (primary N) is 1. The van der Waals surface area contributed by atoms with Gasteiger partial charge in [0.05, 0.1) is 5.69 Å². The van der Waals surface area contributed by atoms with Crippen LogP contribution in [0.4, 0.5) is 17.6 Å². The van der Waals surface area contributed by atoms with Gasteiger partial charge in [-0.15, -0.1) is 0 Å². The number of hydrogen-bond donors (Lipinski definition) is 2. The van der Waals surface area contributed by atoms with Crippen molar-refractivity contribution in [3.8, 4) is 11.3 Å². The first-order chi connectivity index (χ1) is 14.1. The van der Waals surface area contributed by atoms with Crippen LogP contribution >= 0.6 is 0 Å². The number of H-pyrrole nitrogens is 1. The molecule has 0 spiro atoms. The van der Waals surface area contributed by atoms with Crippen molar-refractivity contribution in [3.05, 3.63) is 71.4 Å². The highest BCUT2D eigenvalue weighted by molar-refractivity contribution is 6.09. The smallest absolute Gasteiger partial charge is 0.369 e. The van der Waals surface area contributed by atoms with Gasteiger partial charge in [-0.05, 0) is 42.0 Å². The fraction of sp³-hybridized carbons (Fsp3) is 0.158.